The molecule has 1 aliphatic carbocycles. The van der Waals surface area contributed by atoms with Gasteiger partial charge in [0.05, 0.1) is 9.70 Å². The number of sulfonamides is 1. The molecule has 9 heteroatoms. The number of thiophene rings is 1. The molecule has 0 atom stereocenters. The normalized spacial score (nSPS) is 24.2. The summed E-state index contributed by atoms with van der Waals surface area (Å²) in [4.78, 5) is 0. The van der Waals surface area contributed by atoms with Crippen molar-refractivity contribution in [2.45, 2.75) is 49.0 Å². The van der Waals surface area contributed by atoms with Gasteiger partial charge in [-0.3, -0.25) is 0 Å². The summed E-state index contributed by atoms with van der Waals surface area (Å²) >= 11 is 4.37. The van der Waals surface area contributed by atoms with E-state index in [1.165, 1.54) is 0 Å². The van der Waals surface area contributed by atoms with Crippen LogP contribution in [-0.4, -0.2) is 20.6 Å². The van der Waals surface area contributed by atoms with Crippen molar-refractivity contribution >= 4 is 37.3 Å². The molecule has 120 valence electrons. The first-order chi connectivity index (χ1) is 9.59. The minimum Gasteiger partial charge on any atom is -0.207 e. The molecule has 0 radical (unpaired) electrons. The van der Waals surface area contributed by atoms with Gasteiger partial charge in [0.15, 0.2) is 0 Å². The monoisotopic (exact) mass is 405 g/mol. The molecule has 1 fully saturated rings. The second kappa shape index (κ2) is 6.17. The van der Waals surface area contributed by atoms with Crippen molar-refractivity contribution in [1.82, 2.24) is 4.72 Å². The number of hydrogen-bond donors (Lipinski definition) is 1. The highest BCUT2D eigenvalue weighted by molar-refractivity contribution is 9.11. The third kappa shape index (κ3) is 4.20. The number of nitrogens with one attached hydrogen (secondary N) is 1. The molecule has 2 rings (SSSR count). The van der Waals surface area contributed by atoms with Gasteiger partial charge in [-0.1, -0.05) is 0 Å². The summed E-state index contributed by atoms with van der Waals surface area (Å²) in [5.74, 6) is -1.31. The van der Waals surface area contributed by atoms with Crippen LogP contribution in [0.3, 0.4) is 0 Å². The molecular weight excluding hydrogens is 391 g/mol. The van der Waals surface area contributed by atoms with Crippen LogP contribution in [0.2, 0.25) is 0 Å². The lowest BCUT2D eigenvalue weighted by Gasteiger charge is -2.29. The average Bonchev–Trinajstić information content (AvgIpc) is 2.69. The van der Waals surface area contributed by atoms with E-state index in [0.717, 1.165) is 20.7 Å². The van der Waals surface area contributed by atoms with Crippen LogP contribution in [0.25, 0.3) is 0 Å². The van der Waals surface area contributed by atoms with Crippen LogP contribution in [0.15, 0.2) is 14.1 Å². The number of halogens is 4. The molecule has 0 saturated heterocycles. The van der Waals surface area contributed by atoms with Gasteiger partial charge in [-0.25, -0.2) is 13.1 Å². The Bertz CT molecular complexity index is 585. The zero-order valence-electron chi connectivity index (χ0n) is 11.2. The molecule has 1 heterocycles. The Balaban J connectivity index is 2.00. The van der Waals surface area contributed by atoms with Crippen LogP contribution in [-0.2, 0) is 10.0 Å². The van der Waals surface area contributed by atoms with Gasteiger partial charge >= 0.3 is 6.18 Å². The van der Waals surface area contributed by atoms with Crippen LogP contribution in [0, 0.1) is 12.8 Å². The minimum absolute atomic E-state index is 0.0240. The maximum Gasteiger partial charge on any atom is 0.391 e. The van der Waals surface area contributed by atoms with Crippen molar-refractivity contribution < 1.29 is 21.6 Å². The molecule has 0 bridgehead atoms. The van der Waals surface area contributed by atoms with Crippen LogP contribution in [0.4, 0.5) is 13.2 Å². The molecule has 21 heavy (non-hydrogen) atoms. The van der Waals surface area contributed by atoms with Crippen molar-refractivity contribution in [3.63, 3.8) is 0 Å². The number of aryl methyl sites for hydroxylation is 1. The maximum atomic E-state index is 12.6. The second-order valence-electron chi connectivity index (χ2n) is 5.23. The van der Waals surface area contributed by atoms with Crippen LogP contribution in [0.1, 0.15) is 31.2 Å². The van der Waals surface area contributed by atoms with E-state index in [1.54, 1.807) is 13.0 Å². The van der Waals surface area contributed by atoms with E-state index in [2.05, 4.69) is 20.7 Å². The maximum absolute atomic E-state index is 12.6. The summed E-state index contributed by atoms with van der Waals surface area (Å²) in [7, 11) is -3.66. The Hall–Kier alpha value is -0.120. The van der Waals surface area contributed by atoms with E-state index < -0.39 is 28.2 Å². The molecule has 0 aliphatic heterocycles. The Morgan fingerprint density at radius 1 is 1.29 bits per heavy atom. The topological polar surface area (TPSA) is 46.2 Å². The van der Waals surface area contributed by atoms with Crippen LogP contribution in [0.5, 0.6) is 0 Å². The van der Waals surface area contributed by atoms with Crippen molar-refractivity contribution in [3.05, 3.63) is 15.4 Å². The molecule has 3 nitrogen and oxygen atoms in total. The first kappa shape index (κ1) is 17.2. The van der Waals surface area contributed by atoms with Crippen LogP contribution < -0.4 is 4.72 Å². The van der Waals surface area contributed by atoms with Crippen LogP contribution >= 0.6 is 27.3 Å². The molecule has 1 aromatic rings. The summed E-state index contributed by atoms with van der Waals surface area (Å²) in [6.07, 6.45) is -3.79. The molecule has 0 aromatic carbocycles. The third-order valence-electron chi connectivity index (χ3n) is 3.61. The van der Waals surface area contributed by atoms with E-state index in [1.807, 2.05) is 0 Å². The fraction of sp³-hybridized carbons (Fsp3) is 0.667. The molecule has 0 unspecified atom stereocenters. The fourth-order valence-electron chi connectivity index (χ4n) is 2.38. The Kier molecular flexibility index (Phi) is 5.07. The van der Waals surface area contributed by atoms with E-state index in [-0.39, 0.29) is 29.9 Å². The number of rotatable bonds is 3. The lowest BCUT2D eigenvalue weighted by Crippen LogP contribution is -2.39. The Morgan fingerprint density at radius 3 is 2.29 bits per heavy atom. The molecule has 1 saturated carbocycles. The smallest absolute Gasteiger partial charge is 0.207 e. The highest BCUT2D eigenvalue weighted by atomic mass is 79.9. The van der Waals surface area contributed by atoms with E-state index >= 15 is 0 Å². The molecular formula is C12H15BrF3NO2S2. The van der Waals surface area contributed by atoms with Gasteiger partial charge in [-0.2, -0.15) is 13.2 Å². The second-order valence-corrected chi connectivity index (χ2v) is 9.54. The van der Waals surface area contributed by atoms with Crippen molar-refractivity contribution in [2.24, 2.45) is 5.92 Å². The van der Waals surface area contributed by atoms with Gasteiger partial charge in [-0.15, -0.1) is 11.3 Å². The van der Waals surface area contributed by atoms with Crippen molar-refractivity contribution in [1.29, 1.82) is 0 Å². The highest BCUT2D eigenvalue weighted by Gasteiger charge is 2.42. The van der Waals surface area contributed by atoms with E-state index in [0.29, 0.717) is 0 Å². The predicted molar refractivity (Wildman–Crippen MR) is 78.9 cm³/mol. The fourth-order valence-corrected chi connectivity index (χ4v) is 5.93. The van der Waals surface area contributed by atoms with Gasteiger partial charge in [0.1, 0.15) is 4.21 Å². The Labute approximate surface area is 134 Å². The van der Waals surface area contributed by atoms with Gasteiger partial charge in [0.2, 0.25) is 10.0 Å². The van der Waals surface area contributed by atoms with Gasteiger partial charge in [0, 0.05) is 6.04 Å². The lowest BCUT2D eigenvalue weighted by molar-refractivity contribution is -0.182. The molecule has 0 amide bonds. The molecule has 0 spiro atoms. The summed E-state index contributed by atoms with van der Waals surface area (Å²) in [5, 5.41) is 0. The minimum atomic E-state index is -4.18. The highest BCUT2D eigenvalue weighted by Crippen LogP contribution is 2.38. The number of hydrogen-bond acceptors (Lipinski definition) is 3. The van der Waals surface area contributed by atoms with E-state index in [4.69, 9.17) is 0 Å². The first-order valence-corrected chi connectivity index (χ1v) is 9.54. The standard InChI is InChI=1S/C12H15BrF3NO2S2/c1-7-6-10(20-11(7)13)21(18,19)17-9-4-2-8(3-5-9)12(14,15)16/h6,8-9,17H,2-5H2,1H3. The van der Waals surface area contributed by atoms with Crippen molar-refractivity contribution in [2.75, 3.05) is 0 Å². The Morgan fingerprint density at radius 2 is 1.86 bits per heavy atom. The van der Waals surface area contributed by atoms with Gasteiger partial charge in [-0.05, 0) is 60.2 Å². The molecule has 1 N–H and O–H groups in total. The average molecular weight is 406 g/mol. The molecule has 1 aliphatic rings. The largest absolute Gasteiger partial charge is 0.391 e. The number of alkyl halides is 3. The van der Waals surface area contributed by atoms with Crippen molar-refractivity contribution in [3.8, 4) is 0 Å². The zero-order valence-corrected chi connectivity index (χ0v) is 14.4. The quantitative estimate of drug-likeness (QED) is 0.817. The summed E-state index contributed by atoms with van der Waals surface area (Å²) < 4.78 is 65.6. The summed E-state index contributed by atoms with van der Waals surface area (Å²) in [6.45, 7) is 1.79. The SMILES string of the molecule is Cc1cc(S(=O)(=O)NC2CCC(C(F)(F)F)CC2)sc1Br. The zero-order chi connectivity index (χ0) is 15.8. The van der Waals surface area contributed by atoms with Gasteiger partial charge in [0.25, 0.3) is 0 Å². The lowest BCUT2D eigenvalue weighted by atomic mass is 9.86. The van der Waals surface area contributed by atoms with E-state index in [9.17, 15) is 21.6 Å². The summed E-state index contributed by atoms with van der Waals surface area (Å²) in [5.41, 5.74) is 0.821. The first-order valence-electron chi connectivity index (χ1n) is 6.44. The third-order valence-corrected chi connectivity index (χ3v) is 7.74. The predicted octanol–water partition coefficient (Wildman–Crippen LogP) is 4.22. The summed E-state index contributed by atoms with van der Waals surface area (Å²) in [6, 6.07) is 1.13. The molecule has 1 aromatic heterocycles. The van der Waals surface area contributed by atoms with Gasteiger partial charge < -0.3 is 0 Å².